The Bertz CT molecular complexity index is 522. The molecule has 21 heavy (non-hydrogen) atoms. The molecule has 1 atom stereocenters. The average molecular weight is 312 g/mol. The van der Waals surface area contributed by atoms with Crippen molar-refractivity contribution >= 4 is 23.4 Å². The largest absolute Gasteiger partial charge is 0.477 e. The molecule has 0 saturated heterocycles. The summed E-state index contributed by atoms with van der Waals surface area (Å²) in [6.07, 6.45) is 2.96. The maximum absolute atomic E-state index is 11.4. The molecule has 0 aliphatic heterocycles. The van der Waals surface area contributed by atoms with E-state index < -0.39 is 10.9 Å². The summed E-state index contributed by atoms with van der Waals surface area (Å²) >= 11 is 1.73. The lowest BCUT2D eigenvalue weighted by molar-refractivity contribution is -0.385. The summed E-state index contributed by atoms with van der Waals surface area (Å²) in [5, 5.41) is 20.3. The molecule has 0 radical (unpaired) electrons. The van der Waals surface area contributed by atoms with Crippen LogP contribution in [0, 0.1) is 10.1 Å². The minimum Gasteiger partial charge on any atom is -0.477 e. The smallest absolute Gasteiger partial charge is 0.343 e. The lowest BCUT2D eigenvalue weighted by Gasteiger charge is -2.27. The molecular weight excluding hydrogens is 292 g/mol. The van der Waals surface area contributed by atoms with Crippen LogP contribution in [0.4, 0.5) is 5.69 Å². The summed E-state index contributed by atoms with van der Waals surface area (Å²) in [4.78, 5) is 23.7. The van der Waals surface area contributed by atoms with Crippen LogP contribution in [0.3, 0.4) is 0 Å². The predicted molar refractivity (Wildman–Crippen MR) is 84.0 cm³/mol. The van der Waals surface area contributed by atoms with Gasteiger partial charge in [-0.05, 0) is 25.3 Å². The summed E-state index contributed by atoms with van der Waals surface area (Å²) in [7, 11) is 1.91. The molecule has 1 N–H and O–H groups in total. The van der Waals surface area contributed by atoms with Gasteiger partial charge in [0.15, 0.2) is 0 Å². The van der Waals surface area contributed by atoms with Crippen LogP contribution in [-0.2, 0) is 6.54 Å². The first-order valence-electron chi connectivity index (χ1n) is 6.61. The summed E-state index contributed by atoms with van der Waals surface area (Å²) in [6.45, 7) is 2.45. The molecule has 0 aliphatic carbocycles. The van der Waals surface area contributed by atoms with E-state index in [0.717, 1.165) is 12.2 Å². The number of hydrogen-bond donors (Lipinski definition) is 1. The SMILES string of the molecule is CCC(CSC)N(C)Cc1cccc([N+](=O)[O-])c1C(=O)O. The zero-order valence-corrected chi connectivity index (χ0v) is 13.2. The fourth-order valence-corrected chi connectivity index (χ4v) is 3.14. The first-order valence-corrected chi connectivity index (χ1v) is 8.00. The van der Waals surface area contributed by atoms with E-state index in [9.17, 15) is 20.0 Å². The van der Waals surface area contributed by atoms with Gasteiger partial charge in [-0.2, -0.15) is 11.8 Å². The Kier molecular flexibility index (Phi) is 6.64. The highest BCUT2D eigenvalue weighted by atomic mass is 32.2. The molecule has 1 unspecified atom stereocenters. The summed E-state index contributed by atoms with van der Waals surface area (Å²) < 4.78 is 0. The van der Waals surface area contributed by atoms with Crippen molar-refractivity contribution in [3.8, 4) is 0 Å². The number of thioether (sulfide) groups is 1. The molecule has 0 aromatic heterocycles. The molecule has 0 heterocycles. The van der Waals surface area contributed by atoms with Gasteiger partial charge in [0.1, 0.15) is 5.56 Å². The van der Waals surface area contributed by atoms with Crippen LogP contribution in [0.2, 0.25) is 0 Å². The van der Waals surface area contributed by atoms with E-state index in [0.29, 0.717) is 18.2 Å². The Labute approximate surface area is 128 Å². The third-order valence-corrected chi connectivity index (χ3v) is 4.13. The van der Waals surface area contributed by atoms with Crippen LogP contribution < -0.4 is 0 Å². The average Bonchev–Trinajstić information content (AvgIpc) is 2.43. The van der Waals surface area contributed by atoms with Gasteiger partial charge in [0.2, 0.25) is 0 Å². The standard InChI is InChI=1S/C14H20N2O4S/c1-4-11(9-21-3)15(2)8-10-6-5-7-12(16(19)20)13(10)14(17)18/h5-7,11H,4,8-9H2,1-3H3,(H,17,18). The van der Waals surface area contributed by atoms with Crippen molar-refractivity contribution in [2.75, 3.05) is 19.1 Å². The highest BCUT2D eigenvalue weighted by molar-refractivity contribution is 7.98. The summed E-state index contributed by atoms with van der Waals surface area (Å²) in [6, 6.07) is 4.70. The van der Waals surface area contributed by atoms with E-state index in [4.69, 9.17) is 0 Å². The van der Waals surface area contributed by atoms with Gasteiger partial charge in [-0.25, -0.2) is 4.79 Å². The Balaban J connectivity index is 3.10. The number of benzene rings is 1. The molecule has 0 bridgehead atoms. The Morgan fingerprint density at radius 3 is 2.67 bits per heavy atom. The molecule has 6 nitrogen and oxygen atoms in total. The Morgan fingerprint density at radius 1 is 1.52 bits per heavy atom. The molecular formula is C14H20N2O4S. The third-order valence-electron chi connectivity index (χ3n) is 3.41. The van der Waals surface area contributed by atoms with E-state index in [1.54, 1.807) is 17.8 Å². The second kappa shape index (κ2) is 7.99. The maximum atomic E-state index is 11.4. The van der Waals surface area contributed by atoms with Crippen molar-refractivity contribution in [2.45, 2.75) is 25.9 Å². The Morgan fingerprint density at radius 2 is 2.19 bits per heavy atom. The van der Waals surface area contributed by atoms with Crippen molar-refractivity contribution < 1.29 is 14.8 Å². The minimum absolute atomic E-state index is 0.214. The predicted octanol–water partition coefficient (Wildman–Crippen LogP) is 2.87. The van der Waals surface area contributed by atoms with Gasteiger partial charge in [-0.3, -0.25) is 15.0 Å². The van der Waals surface area contributed by atoms with Crippen molar-refractivity contribution in [1.82, 2.24) is 4.90 Å². The number of nitro groups is 1. The highest BCUT2D eigenvalue weighted by Gasteiger charge is 2.24. The zero-order chi connectivity index (χ0) is 16.0. The van der Waals surface area contributed by atoms with Crippen LogP contribution in [0.15, 0.2) is 18.2 Å². The second-order valence-electron chi connectivity index (χ2n) is 4.81. The van der Waals surface area contributed by atoms with Crippen LogP contribution >= 0.6 is 11.8 Å². The quantitative estimate of drug-likeness (QED) is 0.587. The third kappa shape index (κ3) is 4.44. The molecule has 1 rings (SSSR count). The molecule has 1 aromatic carbocycles. The van der Waals surface area contributed by atoms with E-state index >= 15 is 0 Å². The first kappa shape index (κ1) is 17.5. The molecule has 0 saturated carbocycles. The van der Waals surface area contributed by atoms with E-state index in [-0.39, 0.29) is 11.3 Å². The van der Waals surface area contributed by atoms with E-state index in [1.165, 1.54) is 12.1 Å². The number of carboxylic acids is 1. The maximum Gasteiger partial charge on any atom is 0.343 e. The molecule has 0 spiro atoms. The number of aromatic carboxylic acids is 1. The summed E-state index contributed by atoms with van der Waals surface area (Å²) in [5.41, 5.74) is -0.0987. The monoisotopic (exact) mass is 312 g/mol. The van der Waals surface area contributed by atoms with Crippen molar-refractivity contribution in [3.63, 3.8) is 0 Å². The van der Waals surface area contributed by atoms with Gasteiger partial charge in [-0.1, -0.05) is 19.1 Å². The molecule has 116 valence electrons. The minimum atomic E-state index is -1.26. The molecule has 1 aromatic rings. The number of carboxylic acid groups (broad SMARTS) is 1. The Hall–Kier alpha value is -1.60. The van der Waals surface area contributed by atoms with Gasteiger partial charge >= 0.3 is 5.97 Å². The van der Waals surface area contributed by atoms with Crippen LogP contribution in [0.5, 0.6) is 0 Å². The first-order chi connectivity index (χ1) is 9.92. The lowest BCUT2D eigenvalue weighted by atomic mass is 10.0. The van der Waals surface area contributed by atoms with E-state index in [2.05, 4.69) is 6.92 Å². The number of rotatable bonds is 8. The fourth-order valence-electron chi connectivity index (χ4n) is 2.26. The van der Waals surface area contributed by atoms with Gasteiger partial charge in [0.25, 0.3) is 5.69 Å². The normalized spacial score (nSPS) is 12.4. The van der Waals surface area contributed by atoms with Gasteiger partial charge < -0.3 is 5.11 Å². The van der Waals surface area contributed by atoms with Crippen LogP contribution in [0.25, 0.3) is 0 Å². The number of nitrogens with zero attached hydrogens (tertiary/aromatic N) is 2. The number of hydrogen-bond acceptors (Lipinski definition) is 5. The molecule has 0 amide bonds. The zero-order valence-electron chi connectivity index (χ0n) is 12.4. The van der Waals surface area contributed by atoms with E-state index in [1.807, 2.05) is 18.2 Å². The second-order valence-corrected chi connectivity index (χ2v) is 5.72. The van der Waals surface area contributed by atoms with Crippen molar-refractivity contribution in [3.05, 3.63) is 39.4 Å². The van der Waals surface area contributed by atoms with Gasteiger partial charge in [0, 0.05) is 24.4 Å². The van der Waals surface area contributed by atoms with Crippen LogP contribution in [-0.4, -0.2) is 46.0 Å². The molecule has 0 aliphatic rings. The van der Waals surface area contributed by atoms with Gasteiger partial charge in [-0.15, -0.1) is 0 Å². The highest BCUT2D eigenvalue weighted by Crippen LogP contribution is 2.24. The van der Waals surface area contributed by atoms with Crippen molar-refractivity contribution in [1.29, 1.82) is 0 Å². The molecule has 0 fully saturated rings. The number of carbonyl (C=O) groups is 1. The fraction of sp³-hybridized carbons (Fsp3) is 0.500. The lowest BCUT2D eigenvalue weighted by Crippen LogP contribution is -2.33. The van der Waals surface area contributed by atoms with Crippen LogP contribution in [0.1, 0.15) is 29.3 Å². The summed E-state index contributed by atoms with van der Waals surface area (Å²) in [5.74, 6) is -0.326. The van der Waals surface area contributed by atoms with Gasteiger partial charge in [0.05, 0.1) is 4.92 Å². The van der Waals surface area contributed by atoms with Crippen molar-refractivity contribution in [2.24, 2.45) is 0 Å². The molecule has 7 heteroatoms. The topological polar surface area (TPSA) is 83.7 Å². The number of nitro benzene ring substituents is 1.